The molecule has 1 saturated carbocycles. The van der Waals surface area contributed by atoms with E-state index in [4.69, 9.17) is 0 Å². The van der Waals surface area contributed by atoms with Crippen LogP contribution in [0.25, 0.3) is 11.3 Å². The Hall–Kier alpha value is -2.55. The number of sulfonamides is 1. The van der Waals surface area contributed by atoms with Gasteiger partial charge < -0.3 is 5.32 Å². The number of carbonyl (C=O) groups excluding carboxylic acids is 1. The van der Waals surface area contributed by atoms with E-state index in [-0.39, 0.29) is 16.8 Å². The van der Waals surface area contributed by atoms with Gasteiger partial charge in [0, 0.05) is 29.1 Å². The van der Waals surface area contributed by atoms with Gasteiger partial charge in [-0.1, -0.05) is 24.3 Å². The van der Waals surface area contributed by atoms with Crippen molar-refractivity contribution in [2.75, 3.05) is 5.32 Å². The van der Waals surface area contributed by atoms with E-state index in [2.05, 4.69) is 15.0 Å². The third-order valence-electron chi connectivity index (χ3n) is 4.83. The number of carbonyl (C=O) groups is 1. The summed E-state index contributed by atoms with van der Waals surface area (Å²) in [6.07, 6.45) is 2.65. The van der Waals surface area contributed by atoms with Crippen molar-refractivity contribution in [3.63, 3.8) is 0 Å². The molecule has 4 rings (SSSR count). The monoisotopic (exact) mass is 441 g/mol. The van der Waals surface area contributed by atoms with E-state index < -0.39 is 10.0 Å². The van der Waals surface area contributed by atoms with Crippen molar-refractivity contribution in [2.24, 2.45) is 0 Å². The molecule has 0 aliphatic heterocycles. The van der Waals surface area contributed by atoms with Gasteiger partial charge in [-0.2, -0.15) is 0 Å². The summed E-state index contributed by atoms with van der Waals surface area (Å²) in [6, 6.07) is 14.4. The molecule has 156 valence electrons. The first-order chi connectivity index (χ1) is 14.4. The van der Waals surface area contributed by atoms with Crippen molar-refractivity contribution in [1.82, 2.24) is 9.71 Å². The second kappa shape index (κ2) is 8.67. The molecular formula is C22H23N3O3S2. The molecule has 6 nitrogen and oxygen atoms in total. The molecule has 1 heterocycles. The molecule has 8 heteroatoms. The van der Waals surface area contributed by atoms with Crippen LogP contribution in [0.5, 0.6) is 0 Å². The second-order valence-electron chi connectivity index (χ2n) is 7.42. The number of thiazole rings is 1. The van der Waals surface area contributed by atoms with E-state index in [0.717, 1.165) is 40.4 Å². The third-order valence-corrected chi connectivity index (χ3v) is 7.14. The number of nitrogens with zero attached hydrogens (tertiary/aromatic N) is 1. The number of anilines is 1. The maximum atomic E-state index is 12.4. The summed E-state index contributed by atoms with van der Waals surface area (Å²) >= 11 is 1.59. The number of nitrogens with one attached hydrogen (secondary N) is 2. The van der Waals surface area contributed by atoms with Gasteiger partial charge in [-0.15, -0.1) is 11.3 Å². The van der Waals surface area contributed by atoms with Crippen LogP contribution in [0.4, 0.5) is 5.69 Å². The van der Waals surface area contributed by atoms with Crippen molar-refractivity contribution in [1.29, 1.82) is 0 Å². The molecule has 0 spiro atoms. The maximum absolute atomic E-state index is 12.4. The van der Waals surface area contributed by atoms with Crippen molar-refractivity contribution < 1.29 is 13.2 Å². The van der Waals surface area contributed by atoms with Crippen LogP contribution < -0.4 is 10.0 Å². The Kier molecular flexibility index (Phi) is 5.99. The zero-order valence-corrected chi connectivity index (χ0v) is 18.2. The summed E-state index contributed by atoms with van der Waals surface area (Å²) in [6.45, 7) is 1.96. The SMILES string of the molecule is Cc1nc(-c2cccc(NC(=O)CCc3ccc(S(=O)(=O)NC4CC4)cc3)c2)cs1. The molecule has 0 bridgehead atoms. The van der Waals surface area contributed by atoms with E-state index in [0.29, 0.717) is 12.8 Å². The van der Waals surface area contributed by atoms with Gasteiger partial charge in [-0.25, -0.2) is 18.1 Å². The van der Waals surface area contributed by atoms with E-state index >= 15 is 0 Å². The van der Waals surface area contributed by atoms with Crippen LogP contribution in [0.3, 0.4) is 0 Å². The van der Waals surface area contributed by atoms with Crippen LogP contribution in [-0.4, -0.2) is 25.4 Å². The van der Waals surface area contributed by atoms with Crippen molar-refractivity contribution in [3.8, 4) is 11.3 Å². The standard InChI is InChI=1S/C22H23N3O3S2/c1-15-23-21(14-29-15)17-3-2-4-19(13-17)24-22(26)12-7-16-5-10-20(11-6-16)30(27,28)25-18-8-9-18/h2-6,10-11,13-14,18,25H,7-9,12H2,1H3,(H,24,26). The average molecular weight is 442 g/mol. The number of amides is 1. The lowest BCUT2D eigenvalue weighted by Crippen LogP contribution is -2.25. The van der Waals surface area contributed by atoms with E-state index in [9.17, 15) is 13.2 Å². The number of benzene rings is 2. The molecule has 30 heavy (non-hydrogen) atoms. The minimum Gasteiger partial charge on any atom is -0.326 e. The molecule has 2 aromatic carbocycles. The fourth-order valence-electron chi connectivity index (χ4n) is 3.06. The highest BCUT2D eigenvalue weighted by molar-refractivity contribution is 7.89. The molecule has 0 unspecified atom stereocenters. The van der Waals surface area contributed by atoms with Gasteiger partial charge in [0.15, 0.2) is 0 Å². The Bertz CT molecular complexity index is 1150. The quantitative estimate of drug-likeness (QED) is 0.550. The van der Waals surface area contributed by atoms with E-state index in [1.165, 1.54) is 0 Å². The smallest absolute Gasteiger partial charge is 0.240 e. The average Bonchev–Trinajstić information content (AvgIpc) is 3.42. The zero-order chi connectivity index (χ0) is 21.1. The fourth-order valence-corrected chi connectivity index (χ4v) is 4.98. The Labute approximate surface area is 180 Å². The predicted octanol–water partition coefficient (Wildman–Crippen LogP) is 4.13. The first-order valence-electron chi connectivity index (χ1n) is 9.83. The lowest BCUT2D eigenvalue weighted by molar-refractivity contribution is -0.116. The summed E-state index contributed by atoms with van der Waals surface area (Å²) in [5.41, 5.74) is 3.52. The third kappa shape index (κ3) is 5.33. The van der Waals surface area contributed by atoms with Gasteiger partial charge in [-0.3, -0.25) is 4.79 Å². The molecule has 0 radical (unpaired) electrons. The summed E-state index contributed by atoms with van der Waals surface area (Å²) in [7, 11) is -3.44. The van der Waals surface area contributed by atoms with Crippen LogP contribution >= 0.6 is 11.3 Å². The largest absolute Gasteiger partial charge is 0.326 e. The number of hydrogen-bond acceptors (Lipinski definition) is 5. The second-order valence-corrected chi connectivity index (χ2v) is 10.2. The summed E-state index contributed by atoms with van der Waals surface area (Å²) in [5.74, 6) is -0.0892. The minimum atomic E-state index is -3.44. The Morgan fingerprint density at radius 2 is 1.93 bits per heavy atom. The number of rotatable bonds is 8. The van der Waals surface area contributed by atoms with Crippen LogP contribution in [0.1, 0.15) is 29.8 Å². The minimum absolute atomic E-state index is 0.0800. The van der Waals surface area contributed by atoms with Gasteiger partial charge in [-0.05, 0) is 56.0 Å². The lowest BCUT2D eigenvalue weighted by Gasteiger charge is -2.08. The molecule has 1 aromatic heterocycles. The lowest BCUT2D eigenvalue weighted by atomic mass is 10.1. The first kappa shape index (κ1) is 20.7. The Morgan fingerprint density at radius 1 is 1.17 bits per heavy atom. The van der Waals surface area contributed by atoms with E-state index in [1.54, 1.807) is 35.6 Å². The molecule has 1 amide bonds. The van der Waals surface area contributed by atoms with Crippen LogP contribution in [0, 0.1) is 6.92 Å². The fraction of sp³-hybridized carbons (Fsp3) is 0.273. The topological polar surface area (TPSA) is 88.2 Å². The van der Waals surface area contributed by atoms with Crippen LogP contribution in [-0.2, 0) is 21.2 Å². The molecule has 1 fully saturated rings. The van der Waals surface area contributed by atoms with Crippen molar-refractivity contribution in [2.45, 2.75) is 43.5 Å². The molecule has 0 atom stereocenters. The Balaban J connectivity index is 1.32. The van der Waals surface area contributed by atoms with Crippen LogP contribution in [0.15, 0.2) is 58.8 Å². The molecule has 1 aliphatic rings. The van der Waals surface area contributed by atoms with Gasteiger partial charge in [0.2, 0.25) is 15.9 Å². The predicted molar refractivity (Wildman–Crippen MR) is 119 cm³/mol. The maximum Gasteiger partial charge on any atom is 0.240 e. The van der Waals surface area contributed by atoms with Gasteiger partial charge in [0.05, 0.1) is 15.6 Å². The molecule has 3 aromatic rings. The summed E-state index contributed by atoms with van der Waals surface area (Å²) < 4.78 is 27.1. The van der Waals surface area contributed by atoms with E-state index in [1.807, 2.05) is 36.6 Å². The summed E-state index contributed by atoms with van der Waals surface area (Å²) in [4.78, 5) is 17.1. The highest BCUT2D eigenvalue weighted by Crippen LogP contribution is 2.25. The molecule has 1 aliphatic carbocycles. The van der Waals surface area contributed by atoms with Crippen LogP contribution in [0.2, 0.25) is 0 Å². The van der Waals surface area contributed by atoms with Gasteiger partial charge in [0.1, 0.15) is 0 Å². The molecule has 2 N–H and O–H groups in total. The van der Waals surface area contributed by atoms with Crippen molar-refractivity contribution >= 4 is 33.0 Å². The number of aromatic nitrogens is 1. The highest BCUT2D eigenvalue weighted by atomic mass is 32.2. The number of hydrogen-bond donors (Lipinski definition) is 2. The highest BCUT2D eigenvalue weighted by Gasteiger charge is 2.27. The molecule has 0 saturated heterocycles. The Morgan fingerprint density at radius 3 is 2.60 bits per heavy atom. The first-order valence-corrected chi connectivity index (χ1v) is 12.2. The van der Waals surface area contributed by atoms with Gasteiger partial charge >= 0.3 is 0 Å². The molecular weight excluding hydrogens is 418 g/mol. The van der Waals surface area contributed by atoms with Crippen molar-refractivity contribution in [3.05, 3.63) is 64.5 Å². The van der Waals surface area contributed by atoms with Gasteiger partial charge in [0.25, 0.3) is 0 Å². The normalized spacial score (nSPS) is 13.9. The summed E-state index contributed by atoms with van der Waals surface area (Å²) in [5, 5.41) is 5.93. The number of aryl methyl sites for hydroxylation is 2. The zero-order valence-electron chi connectivity index (χ0n) is 16.6.